The Morgan fingerprint density at radius 3 is 2.55 bits per heavy atom. The molecule has 0 radical (unpaired) electrons. The van der Waals surface area contributed by atoms with Gasteiger partial charge in [0.05, 0.1) is 5.52 Å². The van der Waals surface area contributed by atoms with Crippen LogP contribution in [0.1, 0.15) is 55.8 Å². The molecule has 0 aliphatic carbocycles. The van der Waals surface area contributed by atoms with Gasteiger partial charge in [0, 0.05) is 26.6 Å². The van der Waals surface area contributed by atoms with E-state index in [4.69, 9.17) is 0 Å². The van der Waals surface area contributed by atoms with Crippen LogP contribution >= 0.6 is 22.6 Å². The second-order valence-electron chi connectivity index (χ2n) is 7.31. The highest BCUT2D eigenvalue weighted by atomic mass is 127. The van der Waals surface area contributed by atoms with Crippen molar-refractivity contribution >= 4 is 56.7 Å². The fourth-order valence-corrected chi connectivity index (χ4v) is 3.69. The normalized spacial score (nSPS) is 11.3. The third-order valence-electron chi connectivity index (χ3n) is 4.88. The zero-order valence-corrected chi connectivity index (χ0v) is 19.5. The van der Waals surface area contributed by atoms with Gasteiger partial charge in [-0.1, -0.05) is 32.6 Å². The molecule has 8 heteroatoms. The monoisotopic (exact) mass is 532 g/mol. The van der Waals surface area contributed by atoms with Gasteiger partial charge in [-0.2, -0.15) is 0 Å². The van der Waals surface area contributed by atoms with E-state index in [0.717, 1.165) is 22.8 Å². The SMILES string of the molecule is CCCCCCCC(=O)Nc1ccc(C(=O)N=Nc2c(O)[nH]c3ccc(I)cc23)cc1. The van der Waals surface area contributed by atoms with Crippen molar-refractivity contribution in [2.24, 2.45) is 10.2 Å². The van der Waals surface area contributed by atoms with E-state index in [-0.39, 0.29) is 17.5 Å². The Bertz CT molecular complexity index is 1090. The van der Waals surface area contributed by atoms with Crippen LogP contribution in [0.4, 0.5) is 11.4 Å². The predicted molar refractivity (Wildman–Crippen MR) is 130 cm³/mol. The second-order valence-corrected chi connectivity index (χ2v) is 8.55. The van der Waals surface area contributed by atoms with Gasteiger partial charge in [-0.05, 0) is 71.5 Å². The number of hydrogen-bond acceptors (Lipinski definition) is 4. The summed E-state index contributed by atoms with van der Waals surface area (Å²) < 4.78 is 0.977. The number of unbranched alkanes of at least 4 members (excludes halogenated alkanes) is 4. The number of rotatable bonds is 9. The first kappa shape index (κ1) is 22.9. The molecule has 31 heavy (non-hydrogen) atoms. The molecule has 0 aliphatic rings. The van der Waals surface area contributed by atoms with Gasteiger partial charge < -0.3 is 15.4 Å². The summed E-state index contributed by atoms with van der Waals surface area (Å²) in [4.78, 5) is 27.2. The number of halogens is 1. The van der Waals surface area contributed by atoms with Crippen LogP contribution in [-0.2, 0) is 4.79 Å². The summed E-state index contributed by atoms with van der Waals surface area (Å²) in [6, 6.07) is 12.1. The van der Waals surface area contributed by atoms with Crippen LogP contribution in [-0.4, -0.2) is 21.9 Å². The molecule has 0 fully saturated rings. The number of aromatic amines is 1. The first-order valence-electron chi connectivity index (χ1n) is 10.3. The summed E-state index contributed by atoms with van der Waals surface area (Å²) in [5.74, 6) is -0.700. The lowest BCUT2D eigenvalue weighted by molar-refractivity contribution is -0.116. The molecule has 2 aromatic carbocycles. The lowest BCUT2D eigenvalue weighted by Crippen LogP contribution is -2.11. The van der Waals surface area contributed by atoms with Crippen molar-refractivity contribution in [1.82, 2.24) is 4.98 Å². The van der Waals surface area contributed by atoms with Crippen molar-refractivity contribution in [3.05, 3.63) is 51.6 Å². The van der Waals surface area contributed by atoms with Gasteiger partial charge in [0.2, 0.25) is 11.8 Å². The summed E-state index contributed by atoms with van der Waals surface area (Å²) in [5, 5.41) is 21.3. The second kappa shape index (κ2) is 11.0. The number of anilines is 1. The number of carbonyl (C=O) groups is 2. The molecule has 3 rings (SSSR count). The molecule has 7 nitrogen and oxygen atoms in total. The number of amides is 2. The van der Waals surface area contributed by atoms with Crippen LogP contribution in [0.25, 0.3) is 10.9 Å². The first-order chi connectivity index (χ1) is 15.0. The van der Waals surface area contributed by atoms with Crippen molar-refractivity contribution in [2.75, 3.05) is 5.32 Å². The van der Waals surface area contributed by atoms with Crippen LogP contribution in [0, 0.1) is 3.57 Å². The van der Waals surface area contributed by atoms with Crippen LogP contribution in [0.15, 0.2) is 52.7 Å². The third kappa shape index (κ3) is 6.36. The Balaban J connectivity index is 1.59. The maximum atomic E-state index is 12.4. The predicted octanol–water partition coefficient (Wildman–Crippen LogP) is 6.70. The molecular weight excluding hydrogens is 507 g/mol. The molecule has 0 spiro atoms. The summed E-state index contributed by atoms with van der Waals surface area (Å²) in [5.41, 5.74) is 1.92. The van der Waals surface area contributed by atoms with E-state index < -0.39 is 5.91 Å². The average Bonchev–Trinajstić information content (AvgIpc) is 3.06. The summed E-state index contributed by atoms with van der Waals surface area (Å²) in [6.07, 6.45) is 5.97. The van der Waals surface area contributed by atoms with Crippen LogP contribution in [0.2, 0.25) is 0 Å². The summed E-state index contributed by atoms with van der Waals surface area (Å²) in [7, 11) is 0. The number of fused-ring (bicyclic) bond motifs is 1. The minimum absolute atomic E-state index is 0.0281. The van der Waals surface area contributed by atoms with Crippen LogP contribution < -0.4 is 5.32 Å². The number of aromatic hydroxyl groups is 1. The van der Waals surface area contributed by atoms with E-state index >= 15 is 0 Å². The van der Waals surface area contributed by atoms with Crippen LogP contribution in [0.3, 0.4) is 0 Å². The van der Waals surface area contributed by atoms with Gasteiger partial charge in [0.25, 0.3) is 5.91 Å². The molecule has 1 aromatic heterocycles. The van der Waals surface area contributed by atoms with Crippen molar-refractivity contribution in [1.29, 1.82) is 0 Å². The Morgan fingerprint density at radius 1 is 1.06 bits per heavy atom. The fraction of sp³-hybridized carbons (Fsp3) is 0.304. The number of azo groups is 1. The Labute approximate surface area is 194 Å². The van der Waals surface area contributed by atoms with Gasteiger partial charge in [-0.15, -0.1) is 10.2 Å². The lowest BCUT2D eigenvalue weighted by Gasteiger charge is -2.05. The zero-order valence-electron chi connectivity index (χ0n) is 17.3. The smallest absolute Gasteiger partial charge is 0.295 e. The lowest BCUT2D eigenvalue weighted by atomic mass is 10.1. The minimum atomic E-state index is -0.534. The molecule has 1 heterocycles. The average molecular weight is 532 g/mol. The van der Waals surface area contributed by atoms with Gasteiger partial charge in [0.15, 0.2) is 5.69 Å². The molecule has 162 valence electrons. The van der Waals surface area contributed by atoms with E-state index in [9.17, 15) is 14.7 Å². The highest BCUT2D eigenvalue weighted by Gasteiger charge is 2.12. The Kier molecular flexibility index (Phi) is 8.16. The molecule has 0 unspecified atom stereocenters. The van der Waals surface area contributed by atoms with Gasteiger partial charge in [-0.3, -0.25) is 9.59 Å². The van der Waals surface area contributed by atoms with Crippen molar-refractivity contribution in [3.8, 4) is 5.88 Å². The third-order valence-corrected chi connectivity index (χ3v) is 5.55. The number of nitrogens with one attached hydrogen (secondary N) is 2. The van der Waals surface area contributed by atoms with Crippen molar-refractivity contribution in [3.63, 3.8) is 0 Å². The standard InChI is InChI=1S/C23H25IN4O3/c1-2-3-4-5-6-7-20(29)25-17-11-8-15(9-12-17)22(30)28-27-21-18-14-16(24)10-13-19(18)26-23(21)31/h8-14,26,31H,2-7H2,1H3,(H,25,29). The van der Waals surface area contributed by atoms with E-state index in [0.29, 0.717) is 28.6 Å². The van der Waals surface area contributed by atoms with Crippen molar-refractivity contribution in [2.45, 2.75) is 45.4 Å². The van der Waals surface area contributed by atoms with E-state index in [1.165, 1.54) is 12.8 Å². The van der Waals surface area contributed by atoms with E-state index in [1.807, 2.05) is 18.2 Å². The molecule has 0 saturated heterocycles. The molecule has 3 N–H and O–H groups in total. The minimum Gasteiger partial charge on any atom is -0.493 e. The Hall–Kier alpha value is -2.75. The number of nitrogens with zero attached hydrogens (tertiary/aromatic N) is 2. The molecule has 2 amide bonds. The van der Waals surface area contributed by atoms with Crippen LogP contribution in [0.5, 0.6) is 5.88 Å². The molecule has 0 atom stereocenters. The molecular formula is C23H25IN4O3. The zero-order chi connectivity index (χ0) is 22.2. The molecule has 0 saturated carbocycles. The number of carbonyl (C=O) groups excluding carboxylic acids is 2. The topological polar surface area (TPSA) is 107 Å². The highest BCUT2D eigenvalue weighted by molar-refractivity contribution is 14.1. The number of H-pyrrole nitrogens is 1. The summed E-state index contributed by atoms with van der Waals surface area (Å²) >= 11 is 2.16. The largest absolute Gasteiger partial charge is 0.493 e. The first-order valence-corrected chi connectivity index (χ1v) is 11.4. The molecule has 3 aromatic rings. The number of benzene rings is 2. The van der Waals surface area contributed by atoms with Crippen molar-refractivity contribution < 1.29 is 14.7 Å². The van der Waals surface area contributed by atoms with Gasteiger partial charge in [-0.25, -0.2) is 0 Å². The Morgan fingerprint density at radius 2 is 1.81 bits per heavy atom. The summed E-state index contributed by atoms with van der Waals surface area (Å²) in [6.45, 7) is 2.16. The number of aromatic nitrogens is 1. The van der Waals surface area contributed by atoms with E-state index in [2.05, 4.69) is 50.0 Å². The maximum absolute atomic E-state index is 12.4. The van der Waals surface area contributed by atoms with E-state index in [1.54, 1.807) is 24.3 Å². The molecule has 0 bridgehead atoms. The van der Waals surface area contributed by atoms with Gasteiger partial charge >= 0.3 is 0 Å². The fourth-order valence-electron chi connectivity index (χ4n) is 3.20. The quantitative estimate of drug-likeness (QED) is 0.162. The maximum Gasteiger partial charge on any atom is 0.295 e. The highest BCUT2D eigenvalue weighted by Crippen LogP contribution is 2.36. The van der Waals surface area contributed by atoms with Gasteiger partial charge in [0.1, 0.15) is 0 Å². The number of hydrogen-bond donors (Lipinski definition) is 3. The molecule has 0 aliphatic heterocycles.